The van der Waals surface area contributed by atoms with E-state index in [0.29, 0.717) is 6.54 Å². The number of nitrogens with zero attached hydrogens (tertiary/aromatic N) is 2. The van der Waals surface area contributed by atoms with Crippen LogP contribution in [0.1, 0.15) is 18.5 Å². The topological polar surface area (TPSA) is 53.4 Å². The fourth-order valence-corrected chi connectivity index (χ4v) is 2.83. The van der Waals surface area contributed by atoms with Crippen LogP contribution in [0.5, 0.6) is 0 Å². The molecule has 1 aromatic heterocycles. The van der Waals surface area contributed by atoms with Crippen molar-refractivity contribution >= 4 is 16.9 Å². The molecule has 1 aliphatic rings. The second-order valence-electron chi connectivity index (χ2n) is 5.41. The third-order valence-electron chi connectivity index (χ3n) is 3.90. The van der Waals surface area contributed by atoms with E-state index in [1.54, 1.807) is 0 Å². The highest BCUT2D eigenvalue weighted by molar-refractivity contribution is 5.78. The van der Waals surface area contributed by atoms with Gasteiger partial charge in [0.15, 0.2) is 0 Å². The monoisotopic (exact) mass is 270 g/mol. The van der Waals surface area contributed by atoms with E-state index in [-0.39, 0.29) is 5.92 Å². The van der Waals surface area contributed by atoms with Gasteiger partial charge in [0.1, 0.15) is 0 Å². The smallest absolute Gasteiger partial charge is 0.307 e. The molecule has 4 nitrogen and oxygen atoms in total. The van der Waals surface area contributed by atoms with Crippen LogP contribution >= 0.6 is 0 Å². The predicted molar refractivity (Wildman–Crippen MR) is 77.4 cm³/mol. The molecule has 2 aromatic rings. The van der Waals surface area contributed by atoms with Gasteiger partial charge in [-0.15, -0.1) is 0 Å². The summed E-state index contributed by atoms with van der Waals surface area (Å²) in [6.07, 6.45) is 1.74. The molecule has 1 fully saturated rings. The zero-order valence-corrected chi connectivity index (χ0v) is 11.3. The number of carboxylic acids is 1. The third-order valence-corrected chi connectivity index (χ3v) is 3.90. The van der Waals surface area contributed by atoms with Crippen molar-refractivity contribution in [3.63, 3.8) is 0 Å². The number of para-hydroxylation sites is 1. The third kappa shape index (κ3) is 2.80. The normalized spacial score (nSPS) is 20.1. The van der Waals surface area contributed by atoms with Crippen molar-refractivity contribution < 1.29 is 9.90 Å². The Bertz CT molecular complexity index is 627. The summed E-state index contributed by atoms with van der Waals surface area (Å²) in [4.78, 5) is 17.9. The molecule has 1 atom stereocenters. The molecule has 0 saturated carbocycles. The first-order valence-electron chi connectivity index (χ1n) is 7.02. The van der Waals surface area contributed by atoms with E-state index in [1.807, 2.05) is 30.3 Å². The van der Waals surface area contributed by atoms with Gasteiger partial charge in [-0.25, -0.2) is 0 Å². The highest BCUT2D eigenvalue weighted by atomic mass is 16.4. The highest BCUT2D eigenvalue weighted by Gasteiger charge is 2.25. The zero-order valence-electron chi connectivity index (χ0n) is 11.3. The van der Waals surface area contributed by atoms with E-state index < -0.39 is 5.97 Å². The van der Waals surface area contributed by atoms with Gasteiger partial charge in [0.2, 0.25) is 0 Å². The van der Waals surface area contributed by atoms with E-state index in [1.165, 1.54) is 0 Å². The number of hydrogen-bond donors (Lipinski definition) is 1. The molecule has 20 heavy (non-hydrogen) atoms. The number of aromatic nitrogens is 1. The Labute approximate surface area is 118 Å². The standard InChI is InChI=1S/C16H18N2O2/c19-16(20)13-5-3-9-18(10-13)11-14-8-7-12-4-1-2-6-15(12)17-14/h1-2,4,6-8,13H,3,5,9-11H2,(H,19,20)/t13-/m0/s1. The van der Waals surface area contributed by atoms with Gasteiger partial charge in [-0.2, -0.15) is 0 Å². The van der Waals surface area contributed by atoms with Gasteiger partial charge in [0, 0.05) is 18.5 Å². The first kappa shape index (κ1) is 13.1. The van der Waals surface area contributed by atoms with Crippen LogP contribution in [0.2, 0.25) is 0 Å². The predicted octanol–water partition coefficient (Wildman–Crippen LogP) is 2.53. The van der Waals surface area contributed by atoms with Gasteiger partial charge in [-0.05, 0) is 31.5 Å². The summed E-state index contributed by atoms with van der Waals surface area (Å²) in [6, 6.07) is 12.2. The van der Waals surface area contributed by atoms with Crippen LogP contribution in [0.4, 0.5) is 0 Å². The number of benzene rings is 1. The molecule has 1 saturated heterocycles. The number of carboxylic acid groups (broad SMARTS) is 1. The molecule has 0 unspecified atom stereocenters. The first-order chi connectivity index (χ1) is 9.72. The molecule has 0 radical (unpaired) electrons. The fourth-order valence-electron chi connectivity index (χ4n) is 2.83. The molecule has 3 rings (SSSR count). The van der Waals surface area contributed by atoms with Crippen molar-refractivity contribution in [3.8, 4) is 0 Å². The number of aliphatic carboxylic acids is 1. The van der Waals surface area contributed by atoms with Crippen LogP contribution in [0.15, 0.2) is 36.4 Å². The summed E-state index contributed by atoms with van der Waals surface area (Å²) < 4.78 is 0. The molecule has 0 amide bonds. The summed E-state index contributed by atoms with van der Waals surface area (Å²) in [5.74, 6) is -0.912. The summed E-state index contributed by atoms with van der Waals surface area (Å²) in [7, 11) is 0. The minimum atomic E-state index is -0.679. The molecule has 2 heterocycles. The molecular formula is C16H18N2O2. The molecule has 1 N–H and O–H groups in total. The number of rotatable bonds is 3. The maximum atomic E-state index is 11.1. The van der Waals surface area contributed by atoms with Crippen molar-refractivity contribution in [2.45, 2.75) is 19.4 Å². The number of hydrogen-bond acceptors (Lipinski definition) is 3. The van der Waals surface area contributed by atoms with Crippen LogP contribution in [-0.2, 0) is 11.3 Å². The van der Waals surface area contributed by atoms with Gasteiger partial charge in [0.05, 0.1) is 17.1 Å². The Balaban J connectivity index is 1.74. The van der Waals surface area contributed by atoms with Gasteiger partial charge < -0.3 is 5.11 Å². The van der Waals surface area contributed by atoms with Crippen LogP contribution in [-0.4, -0.2) is 34.0 Å². The lowest BCUT2D eigenvalue weighted by Gasteiger charge is -2.30. The highest BCUT2D eigenvalue weighted by Crippen LogP contribution is 2.19. The zero-order chi connectivity index (χ0) is 13.9. The van der Waals surface area contributed by atoms with Gasteiger partial charge in [-0.3, -0.25) is 14.7 Å². The Kier molecular flexibility index (Phi) is 3.65. The Morgan fingerprint density at radius 3 is 3.00 bits per heavy atom. The number of likely N-dealkylation sites (tertiary alicyclic amines) is 1. The second kappa shape index (κ2) is 5.59. The van der Waals surface area contributed by atoms with Crippen molar-refractivity contribution in [3.05, 3.63) is 42.1 Å². The van der Waals surface area contributed by atoms with Crippen LogP contribution in [0, 0.1) is 5.92 Å². The van der Waals surface area contributed by atoms with E-state index in [2.05, 4.69) is 16.0 Å². The number of carbonyl (C=O) groups is 1. The number of fused-ring (bicyclic) bond motifs is 1. The average molecular weight is 270 g/mol. The van der Waals surface area contributed by atoms with Crippen molar-refractivity contribution in [1.82, 2.24) is 9.88 Å². The second-order valence-corrected chi connectivity index (χ2v) is 5.41. The summed E-state index contributed by atoms with van der Waals surface area (Å²) in [5.41, 5.74) is 2.01. The minimum absolute atomic E-state index is 0.232. The molecular weight excluding hydrogens is 252 g/mol. The molecule has 0 aliphatic carbocycles. The Hall–Kier alpha value is -1.94. The van der Waals surface area contributed by atoms with Crippen LogP contribution < -0.4 is 0 Å². The molecule has 0 spiro atoms. The van der Waals surface area contributed by atoms with E-state index in [9.17, 15) is 4.79 Å². The largest absolute Gasteiger partial charge is 0.481 e. The lowest BCUT2D eigenvalue weighted by Crippen LogP contribution is -2.38. The quantitative estimate of drug-likeness (QED) is 0.931. The lowest BCUT2D eigenvalue weighted by molar-refractivity contribution is -0.143. The van der Waals surface area contributed by atoms with Crippen molar-refractivity contribution in [2.24, 2.45) is 5.92 Å². The number of pyridine rings is 1. The fraction of sp³-hybridized carbons (Fsp3) is 0.375. The van der Waals surface area contributed by atoms with Gasteiger partial charge >= 0.3 is 5.97 Å². The summed E-state index contributed by atoms with van der Waals surface area (Å²) in [5, 5.41) is 10.3. The molecule has 4 heteroatoms. The average Bonchev–Trinajstić information content (AvgIpc) is 2.47. The summed E-state index contributed by atoms with van der Waals surface area (Å²) in [6.45, 7) is 2.32. The van der Waals surface area contributed by atoms with Crippen LogP contribution in [0.25, 0.3) is 10.9 Å². The molecule has 0 bridgehead atoms. The number of piperidine rings is 1. The molecule has 1 aliphatic heterocycles. The summed E-state index contributed by atoms with van der Waals surface area (Å²) >= 11 is 0. The van der Waals surface area contributed by atoms with Crippen molar-refractivity contribution in [2.75, 3.05) is 13.1 Å². The van der Waals surface area contributed by atoms with E-state index >= 15 is 0 Å². The lowest BCUT2D eigenvalue weighted by atomic mass is 9.98. The van der Waals surface area contributed by atoms with E-state index in [0.717, 1.165) is 42.5 Å². The minimum Gasteiger partial charge on any atom is -0.481 e. The van der Waals surface area contributed by atoms with Crippen LogP contribution in [0.3, 0.4) is 0 Å². The van der Waals surface area contributed by atoms with E-state index in [4.69, 9.17) is 5.11 Å². The maximum absolute atomic E-state index is 11.1. The Morgan fingerprint density at radius 1 is 1.30 bits per heavy atom. The first-order valence-corrected chi connectivity index (χ1v) is 7.02. The van der Waals surface area contributed by atoms with Gasteiger partial charge in [0.25, 0.3) is 0 Å². The Morgan fingerprint density at radius 2 is 2.15 bits per heavy atom. The van der Waals surface area contributed by atoms with Crippen molar-refractivity contribution in [1.29, 1.82) is 0 Å². The maximum Gasteiger partial charge on any atom is 0.307 e. The molecule has 104 valence electrons. The molecule has 1 aromatic carbocycles. The SMILES string of the molecule is O=C(O)[C@H]1CCCN(Cc2ccc3ccccc3n2)C1. The van der Waals surface area contributed by atoms with Gasteiger partial charge in [-0.1, -0.05) is 24.3 Å².